The van der Waals surface area contributed by atoms with Crippen molar-refractivity contribution in [3.8, 4) is 5.69 Å². The molecule has 0 unspecified atom stereocenters. The molecule has 0 bridgehead atoms. The molecular weight excluding hydrogens is 336 g/mol. The summed E-state index contributed by atoms with van der Waals surface area (Å²) in [6.07, 6.45) is 1.62. The Morgan fingerprint density at radius 1 is 1.19 bits per heavy atom. The summed E-state index contributed by atoms with van der Waals surface area (Å²) < 4.78 is 6.61. The van der Waals surface area contributed by atoms with E-state index in [1.54, 1.807) is 37.6 Å². The van der Waals surface area contributed by atoms with E-state index in [-0.39, 0.29) is 17.3 Å². The Morgan fingerprint density at radius 3 is 2.62 bits per heavy atom. The van der Waals surface area contributed by atoms with Crippen molar-refractivity contribution >= 4 is 17.3 Å². The minimum atomic E-state index is -0.469. The number of aromatic nitrogens is 2. The number of hydrogen-bond donors (Lipinski definition) is 1. The first-order valence-corrected chi connectivity index (χ1v) is 7.77. The van der Waals surface area contributed by atoms with Crippen LogP contribution in [0.15, 0.2) is 60.8 Å². The number of anilines is 1. The van der Waals surface area contributed by atoms with Crippen LogP contribution in [-0.4, -0.2) is 27.7 Å². The number of hydrogen-bond acceptors (Lipinski definition) is 5. The zero-order valence-corrected chi connectivity index (χ0v) is 14.0. The van der Waals surface area contributed by atoms with Crippen molar-refractivity contribution in [2.45, 2.75) is 6.61 Å². The Morgan fingerprint density at radius 2 is 1.92 bits per heavy atom. The lowest BCUT2D eigenvalue weighted by molar-refractivity contribution is -0.384. The molecule has 0 aliphatic rings. The molecule has 0 fully saturated rings. The highest BCUT2D eigenvalue weighted by Gasteiger charge is 2.13. The van der Waals surface area contributed by atoms with Crippen LogP contribution in [0, 0.1) is 10.1 Å². The molecule has 0 saturated heterocycles. The smallest absolute Gasteiger partial charge is 0.276 e. The maximum absolute atomic E-state index is 12.4. The first-order valence-electron chi connectivity index (χ1n) is 7.77. The molecule has 8 nitrogen and oxygen atoms in total. The standard InChI is InChI=1S/C18H16N4O4/c1-26-12-13-4-2-3-5-16(13)19-18(23)17-10-11-21(20-17)14-6-8-15(9-7-14)22(24)25/h2-11H,12H2,1H3,(H,19,23). The van der Waals surface area contributed by atoms with Gasteiger partial charge in [0.2, 0.25) is 0 Å². The van der Waals surface area contributed by atoms with Crippen LogP contribution in [0.25, 0.3) is 5.69 Å². The van der Waals surface area contributed by atoms with Gasteiger partial charge < -0.3 is 10.1 Å². The van der Waals surface area contributed by atoms with Crippen molar-refractivity contribution in [2.75, 3.05) is 12.4 Å². The SMILES string of the molecule is COCc1ccccc1NC(=O)c1ccn(-c2ccc([N+](=O)[O-])cc2)n1. The minimum absolute atomic E-state index is 0.00590. The number of carbonyl (C=O) groups is 1. The van der Waals surface area contributed by atoms with Crippen molar-refractivity contribution in [3.63, 3.8) is 0 Å². The van der Waals surface area contributed by atoms with E-state index in [0.717, 1.165) is 5.56 Å². The van der Waals surface area contributed by atoms with Gasteiger partial charge in [-0.25, -0.2) is 4.68 Å². The maximum atomic E-state index is 12.4. The zero-order valence-electron chi connectivity index (χ0n) is 14.0. The van der Waals surface area contributed by atoms with Crippen LogP contribution in [-0.2, 0) is 11.3 Å². The number of ether oxygens (including phenoxy) is 1. The van der Waals surface area contributed by atoms with Gasteiger partial charge in [0.05, 0.1) is 17.2 Å². The van der Waals surface area contributed by atoms with E-state index in [9.17, 15) is 14.9 Å². The number of nitro benzene ring substituents is 1. The Kier molecular flexibility index (Phi) is 5.04. The topological polar surface area (TPSA) is 99.3 Å². The molecular formula is C18H16N4O4. The molecule has 1 heterocycles. The Hall–Kier alpha value is -3.52. The number of benzene rings is 2. The molecule has 0 saturated carbocycles. The van der Waals surface area contributed by atoms with Crippen LogP contribution >= 0.6 is 0 Å². The van der Waals surface area contributed by atoms with Crippen molar-refractivity contribution in [3.05, 3.63) is 82.2 Å². The van der Waals surface area contributed by atoms with E-state index in [4.69, 9.17) is 4.74 Å². The summed E-state index contributed by atoms with van der Waals surface area (Å²) in [6.45, 7) is 0.383. The first kappa shape index (κ1) is 17.3. The van der Waals surface area contributed by atoms with Gasteiger partial charge in [0.1, 0.15) is 0 Å². The number of nitrogens with one attached hydrogen (secondary N) is 1. The average molecular weight is 352 g/mol. The summed E-state index contributed by atoms with van der Waals surface area (Å²) in [6, 6.07) is 14.8. The summed E-state index contributed by atoms with van der Waals surface area (Å²) in [7, 11) is 1.59. The van der Waals surface area contributed by atoms with Crippen molar-refractivity contribution < 1.29 is 14.5 Å². The highest BCUT2D eigenvalue weighted by Crippen LogP contribution is 2.18. The fourth-order valence-electron chi connectivity index (χ4n) is 2.43. The minimum Gasteiger partial charge on any atom is -0.380 e. The number of amides is 1. The van der Waals surface area contributed by atoms with Gasteiger partial charge in [0.25, 0.3) is 11.6 Å². The van der Waals surface area contributed by atoms with Crippen LogP contribution in [0.1, 0.15) is 16.1 Å². The summed E-state index contributed by atoms with van der Waals surface area (Å²) in [5.41, 5.74) is 2.36. The molecule has 3 aromatic rings. The van der Waals surface area contributed by atoms with Crippen LogP contribution in [0.5, 0.6) is 0 Å². The Bertz CT molecular complexity index is 934. The second kappa shape index (κ2) is 7.58. The largest absolute Gasteiger partial charge is 0.380 e. The molecule has 1 N–H and O–H groups in total. The van der Waals surface area contributed by atoms with E-state index in [1.165, 1.54) is 16.8 Å². The lowest BCUT2D eigenvalue weighted by Crippen LogP contribution is -2.14. The molecule has 1 aromatic heterocycles. The normalized spacial score (nSPS) is 10.5. The fraction of sp³-hybridized carbons (Fsp3) is 0.111. The van der Waals surface area contributed by atoms with Gasteiger partial charge in [-0.1, -0.05) is 18.2 Å². The molecule has 3 rings (SSSR count). The Labute approximate surface area is 149 Å². The number of nitrogens with zero attached hydrogens (tertiary/aromatic N) is 3. The van der Waals surface area contributed by atoms with E-state index in [0.29, 0.717) is 18.0 Å². The number of carbonyl (C=O) groups excluding carboxylic acids is 1. The number of nitro groups is 1. The van der Waals surface area contributed by atoms with Crippen LogP contribution in [0.3, 0.4) is 0 Å². The number of methoxy groups -OCH3 is 1. The van der Waals surface area contributed by atoms with Crippen LogP contribution in [0.4, 0.5) is 11.4 Å². The lowest BCUT2D eigenvalue weighted by atomic mass is 10.2. The molecule has 0 spiro atoms. The second-order valence-electron chi connectivity index (χ2n) is 5.46. The van der Waals surface area contributed by atoms with E-state index in [1.807, 2.05) is 18.2 Å². The Balaban J connectivity index is 1.77. The number of non-ortho nitro benzene ring substituents is 1. The summed E-state index contributed by atoms with van der Waals surface area (Å²) in [5, 5.41) is 17.8. The zero-order chi connectivity index (χ0) is 18.5. The van der Waals surface area contributed by atoms with Crippen LogP contribution in [0.2, 0.25) is 0 Å². The van der Waals surface area contributed by atoms with Gasteiger partial charge in [0, 0.05) is 36.7 Å². The third kappa shape index (κ3) is 3.76. The van der Waals surface area contributed by atoms with Gasteiger partial charge in [-0.15, -0.1) is 0 Å². The summed E-state index contributed by atoms with van der Waals surface area (Å²) in [5.74, 6) is -0.353. The van der Waals surface area contributed by atoms with Gasteiger partial charge in [-0.05, 0) is 24.3 Å². The van der Waals surface area contributed by atoms with E-state index >= 15 is 0 Å². The molecule has 0 radical (unpaired) electrons. The molecule has 0 aliphatic carbocycles. The lowest BCUT2D eigenvalue weighted by Gasteiger charge is -2.09. The van der Waals surface area contributed by atoms with E-state index < -0.39 is 4.92 Å². The molecule has 1 amide bonds. The highest BCUT2D eigenvalue weighted by molar-refractivity contribution is 6.03. The molecule has 26 heavy (non-hydrogen) atoms. The third-order valence-corrected chi connectivity index (χ3v) is 3.71. The van der Waals surface area contributed by atoms with Gasteiger partial charge in [-0.3, -0.25) is 14.9 Å². The fourth-order valence-corrected chi connectivity index (χ4v) is 2.43. The van der Waals surface area contributed by atoms with Crippen molar-refractivity contribution in [1.82, 2.24) is 9.78 Å². The highest BCUT2D eigenvalue weighted by atomic mass is 16.6. The average Bonchev–Trinajstić information content (AvgIpc) is 3.14. The monoisotopic (exact) mass is 352 g/mol. The molecule has 132 valence electrons. The van der Waals surface area contributed by atoms with Gasteiger partial charge in [0.15, 0.2) is 5.69 Å². The van der Waals surface area contributed by atoms with Gasteiger partial charge in [-0.2, -0.15) is 5.10 Å². The van der Waals surface area contributed by atoms with Crippen LogP contribution < -0.4 is 5.32 Å². The van der Waals surface area contributed by atoms with Gasteiger partial charge >= 0.3 is 0 Å². The maximum Gasteiger partial charge on any atom is 0.276 e. The van der Waals surface area contributed by atoms with Crippen molar-refractivity contribution in [2.24, 2.45) is 0 Å². The molecule has 2 aromatic carbocycles. The molecule has 0 aliphatic heterocycles. The van der Waals surface area contributed by atoms with Crippen molar-refractivity contribution in [1.29, 1.82) is 0 Å². The first-order chi connectivity index (χ1) is 12.6. The summed E-state index contributed by atoms with van der Waals surface area (Å²) >= 11 is 0. The predicted molar refractivity (Wildman–Crippen MR) is 95.3 cm³/mol. The molecule has 8 heteroatoms. The van der Waals surface area contributed by atoms with E-state index in [2.05, 4.69) is 10.4 Å². The second-order valence-corrected chi connectivity index (χ2v) is 5.46. The summed E-state index contributed by atoms with van der Waals surface area (Å²) in [4.78, 5) is 22.7. The predicted octanol–water partition coefficient (Wildman–Crippen LogP) is 3.18. The number of rotatable bonds is 6. The quantitative estimate of drug-likeness (QED) is 0.542. The third-order valence-electron chi connectivity index (χ3n) is 3.71. The molecule has 0 atom stereocenters. The number of para-hydroxylation sites is 1.